The van der Waals surface area contributed by atoms with E-state index in [4.69, 9.17) is 10.3 Å². The van der Waals surface area contributed by atoms with Gasteiger partial charge in [-0.3, -0.25) is 5.10 Å². The van der Waals surface area contributed by atoms with Gasteiger partial charge in [0.05, 0.1) is 12.2 Å². The fourth-order valence-electron chi connectivity index (χ4n) is 2.54. The first kappa shape index (κ1) is 16.6. The van der Waals surface area contributed by atoms with Crippen molar-refractivity contribution in [2.75, 3.05) is 16.4 Å². The molecule has 0 amide bonds. The topological polar surface area (TPSA) is 131 Å². The number of aromatic amines is 1. The lowest BCUT2D eigenvalue weighted by molar-refractivity contribution is 0.390. The Balaban J connectivity index is 1.45. The van der Waals surface area contributed by atoms with Gasteiger partial charge in [0, 0.05) is 29.6 Å². The number of hydrogen-bond donors (Lipinski definition) is 4. The van der Waals surface area contributed by atoms with Crippen molar-refractivity contribution in [3.05, 3.63) is 60.1 Å². The van der Waals surface area contributed by atoms with Gasteiger partial charge in [0.1, 0.15) is 11.5 Å². The molecule has 0 fully saturated rings. The van der Waals surface area contributed by atoms with E-state index in [-0.39, 0.29) is 0 Å². The molecule has 0 saturated carbocycles. The molecule has 0 spiro atoms. The zero-order chi connectivity index (χ0) is 18.6. The summed E-state index contributed by atoms with van der Waals surface area (Å²) in [7, 11) is 0. The van der Waals surface area contributed by atoms with Crippen molar-refractivity contribution in [1.82, 2.24) is 25.3 Å². The monoisotopic (exact) mass is 362 g/mol. The zero-order valence-electron chi connectivity index (χ0n) is 14.6. The average molecular weight is 362 g/mol. The molecular weight excluding hydrogens is 344 g/mol. The van der Waals surface area contributed by atoms with Crippen molar-refractivity contribution >= 4 is 23.3 Å². The van der Waals surface area contributed by atoms with Gasteiger partial charge in [0.2, 0.25) is 5.95 Å². The summed E-state index contributed by atoms with van der Waals surface area (Å²) in [5, 5.41) is 17.0. The van der Waals surface area contributed by atoms with Gasteiger partial charge in [-0.2, -0.15) is 10.1 Å². The summed E-state index contributed by atoms with van der Waals surface area (Å²) in [5.74, 6) is 2.25. The zero-order valence-corrected chi connectivity index (χ0v) is 14.6. The number of aromatic nitrogens is 5. The van der Waals surface area contributed by atoms with E-state index in [1.165, 1.54) is 0 Å². The molecule has 4 rings (SSSR count). The van der Waals surface area contributed by atoms with Crippen LogP contribution in [-0.4, -0.2) is 25.3 Å². The van der Waals surface area contributed by atoms with E-state index in [2.05, 4.69) is 36.0 Å². The van der Waals surface area contributed by atoms with Crippen molar-refractivity contribution in [1.29, 1.82) is 0 Å². The molecule has 4 aromatic rings. The third kappa shape index (κ3) is 3.87. The molecule has 0 aliphatic rings. The molecule has 9 nitrogen and oxygen atoms in total. The molecule has 5 N–H and O–H groups in total. The number of nitrogens with two attached hydrogens (primary N) is 1. The lowest BCUT2D eigenvalue weighted by Crippen LogP contribution is -2.06. The minimum atomic E-state index is 0.410. The summed E-state index contributed by atoms with van der Waals surface area (Å²) < 4.78 is 5.39. The van der Waals surface area contributed by atoms with Gasteiger partial charge in [-0.05, 0) is 6.92 Å². The fraction of sp³-hybridized carbons (Fsp3) is 0.111. The van der Waals surface area contributed by atoms with Crippen molar-refractivity contribution in [3.8, 4) is 11.3 Å². The lowest BCUT2D eigenvalue weighted by Gasteiger charge is -2.08. The second-order valence-corrected chi connectivity index (χ2v) is 5.93. The SMILES string of the molecule is Cc1cc(Nc2n[nH]cc2N)nc(NCc2cc(-c3ccccc3)no2)n1. The molecule has 0 radical (unpaired) electrons. The molecule has 27 heavy (non-hydrogen) atoms. The largest absolute Gasteiger partial charge is 0.394 e. The fourth-order valence-corrected chi connectivity index (χ4v) is 2.54. The summed E-state index contributed by atoms with van der Waals surface area (Å²) in [4.78, 5) is 8.81. The second kappa shape index (κ2) is 7.16. The minimum Gasteiger partial charge on any atom is -0.394 e. The van der Waals surface area contributed by atoms with Crippen LogP contribution in [0.25, 0.3) is 11.3 Å². The third-order valence-corrected chi connectivity index (χ3v) is 3.82. The number of nitrogen functional groups attached to an aromatic ring is 1. The molecule has 9 heteroatoms. The lowest BCUT2D eigenvalue weighted by atomic mass is 10.1. The Kier molecular flexibility index (Phi) is 4.40. The van der Waals surface area contributed by atoms with Crippen LogP contribution in [0.5, 0.6) is 0 Å². The predicted octanol–water partition coefficient (Wildman–Crippen LogP) is 3.10. The van der Waals surface area contributed by atoms with Gasteiger partial charge in [0.15, 0.2) is 11.6 Å². The number of benzene rings is 1. The first-order chi connectivity index (χ1) is 13.2. The summed E-state index contributed by atoms with van der Waals surface area (Å²) >= 11 is 0. The molecule has 1 aromatic carbocycles. The van der Waals surface area contributed by atoms with Crippen LogP contribution in [0, 0.1) is 6.92 Å². The van der Waals surface area contributed by atoms with Crippen LogP contribution >= 0.6 is 0 Å². The van der Waals surface area contributed by atoms with Crippen LogP contribution in [0.1, 0.15) is 11.5 Å². The molecule has 0 bridgehead atoms. The number of hydrogen-bond acceptors (Lipinski definition) is 8. The number of H-pyrrole nitrogens is 1. The highest BCUT2D eigenvalue weighted by Crippen LogP contribution is 2.21. The Morgan fingerprint density at radius 2 is 2.00 bits per heavy atom. The van der Waals surface area contributed by atoms with E-state index in [9.17, 15) is 0 Å². The average Bonchev–Trinajstić information content (AvgIpc) is 3.30. The van der Waals surface area contributed by atoms with Crippen LogP contribution in [0.15, 0.2) is 53.2 Å². The molecule has 3 aromatic heterocycles. The van der Waals surface area contributed by atoms with Gasteiger partial charge in [-0.25, -0.2) is 4.98 Å². The first-order valence-electron chi connectivity index (χ1n) is 8.34. The van der Waals surface area contributed by atoms with E-state index >= 15 is 0 Å². The third-order valence-electron chi connectivity index (χ3n) is 3.82. The van der Waals surface area contributed by atoms with E-state index in [0.29, 0.717) is 35.6 Å². The summed E-state index contributed by atoms with van der Waals surface area (Å²) in [6, 6.07) is 13.5. The summed E-state index contributed by atoms with van der Waals surface area (Å²) in [5.41, 5.74) is 8.91. The Morgan fingerprint density at radius 1 is 1.15 bits per heavy atom. The highest BCUT2D eigenvalue weighted by molar-refractivity contribution is 5.66. The minimum absolute atomic E-state index is 0.410. The summed E-state index contributed by atoms with van der Waals surface area (Å²) in [6.45, 7) is 2.29. The number of anilines is 4. The Hall–Kier alpha value is -3.88. The van der Waals surface area contributed by atoms with E-state index in [1.54, 1.807) is 12.3 Å². The summed E-state index contributed by atoms with van der Waals surface area (Å²) in [6.07, 6.45) is 1.60. The van der Waals surface area contributed by atoms with Gasteiger partial charge >= 0.3 is 0 Å². The predicted molar refractivity (Wildman–Crippen MR) is 102 cm³/mol. The molecule has 0 atom stereocenters. The number of rotatable bonds is 6. The highest BCUT2D eigenvalue weighted by atomic mass is 16.5. The van der Waals surface area contributed by atoms with E-state index < -0.39 is 0 Å². The number of aryl methyl sites for hydroxylation is 1. The maximum Gasteiger partial charge on any atom is 0.225 e. The van der Waals surface area contributed by atoms with Crippen LogP contribution in [0.2, 0.25) is 0 Å². The van der Waals surface area contributed by atoms with Crippen molar-refractivity contribution in [3.63, 3.8) is 0 Å². The van der Waals surface area contributed by atoms with Gasteiger partial charge in [0.25, 0.3) is 0 Å². The second-order valence-electron chi connectivity index (χ2n) is 5.93. The maximum atomic E-state index is 5.81. The standard InChI is InChI=1S/C18H18N8O/c1-11-7-16(23-17-14(19)10-21-25-17)24-18(22-11)20-9-13-8-15(26-27-13)12-5-3-2-4-6-12/h2-8,10H,9,19H2,1H3,(H3,20,21,22,23,24,25). The number of nitrogens with one attached hydrogen (secondary N) is 3. The Bertz CT molecular complexity index is 1040. The van der Waals surface area contributed by atoms with E-state index in [1.807, 2.05) is 43.3 Å². The molecule has 0 saturated heterocycles. The van der Waals surface area contributed by atoms with Crippen molar-refractivity contribution in [2.24, 2.45) is 0 Å². The van der Waals surface area contributed by atoms with Crippen LogP contribution in [0.4, 0.5) is 23.3 Å². The van der Waals surface area contributed by atoms with E-state index in [0.717, 1.165) is 17.0 Å². The maximum absolute atomic E-state index is 5.81. The first-order valence-corrected chi connectivity index (χ1v) is 8.34. The number of nitrogens with zero attached hydrogens (tertiary/aromatic N) is 4. The normalized spacial score (nSPS) is 10.7. The molecule has 136 valence electrons. The van der Waals surface area contributed by atoms with Crippen molar-refractivity contribution in [2.45, 2.75) is 13.5 Å². The molecule has 0 unspecified atom stereocenters. The molecular formula is C18H18N8O. The smallest absolute Gasteiger partial charge is 0.225 e. The Labute approximate surface area is 155 Å². The van der Waals surface area contributed by atoms with Crippen LogP contribution in [-0.2, 0) is 6.54 Å². The van der Waals surface area contributed by atoms with Gasteiger partial charge in [-0.1, -0.05) is 35.5 Å². The molecule has 0 aliphatic heterocycles. The Morgan fingerprint density at radius 3 is 2.78 bits per heavy atom. The molecule has 0 aliphatic carbocycles. The van der Waals surface area contributed by atoms with Gasteiger partial charge in [-0.15, -0.1) is 0 Å². The quantitative estimate of drug-likeness (QED) is 0.411. The van der Waals surface area contributed by atoms with Crippen LogP contribution < -0.4 is 16.4 Å². The highest BCUT2D eigenvalue weighted by Gasteiger charge is 2.09. The van der Waals surface area contributed by atoms with Crippen molar-refractivity contribution < 1.29 is 4.52 Å². The van der Waals surface area contributed by atoms with Gasteiger partial charge < -0.3 is 20.9 Å². The van der Waals surface area contributed by atoms with Crippen LogP contribution in [0.3, 0.4) is 0 Å². The molecule has 3 heterocycles.